The predicted molar refractivity (Wildman–Crippen MR) is 61.7 cm³/mol. The van der Waals surface area contributed by atoms with Gasteiger partial charge in [-0.15, -0.1) is 0 Å². The largest absolute Gasteiger partial charge is 0.352 e. The summed E-state index contributed by atoms with van der Waals surface area (Å²) in [6.07, 6.45) is 4.23. The van der Waals surface area contributed by atoms with Gasteiger partial charge in [0.2, 0.25) is 5.91 Å². The fourth-order valence-corrected chi connectivity index (χ4v) is 1.91. The topological polar surface area (TPSA) is 54.0 Å². The van der Waals surface area contributed by atoms with Crippen LogP contribution in [0.5, 0.6) is 0 Å². The van der Waals surface area contributed by atoms with Crippen molar-refractivity contribution in [3.63, 3.8) is 0 Å². The predicted octanol–water partition coefficient (Wildman–Crippen LogP) is 1.14. The molecule has 0 spiro atoms. The van der Waals surface area contributed by atoms with Crippen molar-refractivity contribution in [2.45, 2.75) is 32.4 Å². The van der Waals surface area contributed by atoms with Crippen LogP contribution in [0.4, 0.5) is 0 Å². The van der Waals surface area contributed by atoms with Gasteiger partial charge in [-0.2, -0.15) is 0 Å². The number of nitrogens with one attached hydrogen (secondary N) is 2. The Morgan fingerprint density at radius 2 is 2.50 bits per heavy atom. The molecule has 1 atom stereocenters. The van der Waals surface area contributed by atoms with E-state index in [-0.39, 0.29) is 5.91 Å². The van der Waals surface area contributed by atoms with E-state index in [9.17, 15) is 4.79 Å². The van der Waals surface area contributed by atoms with E-state index in [0.29, 0.717) is 12.6 Å². The van der Waals surface area contributed by atoms with Crippen LogP contribution in [0.2, 0.25) is 0 Å². The Morgan fingerprint density at radius 1 is 1.62 bits per heavy atom. The summed E-state index contributed by atoms with van der Waals surface area (Å²) in [5.41, 5.74) is 2.14. The van der Waals surface area contributed by atoms with Crippen LogP contribution in [0, 0.1) is 0 Å². The molecule has 16 heavy (non-hydrogen) atoms. The monoisotopic (exact) mass is 219 g/mol. The summed E-state index contributed by atoms with van der Waals surface area (Å²) >= 11 is 0. The van der Waals surface area contributed by atoms with E-state index >= 15 is 0 Å². The summed E-state index contributed by atoms with van der Waals surface area (Å²) in [7, 11) is 0. The van der Waals surface area contributed by atoms with Crippen LogP contribution in [0.15, 0.2) is 18.3 Å². The maximum absolute atomic E-state index is 10.8. The first kappa shape index (κ1) is 11.1. The Morgan fingerprint density at radius 3 is 3.06 bits per heavy atom. The van der Waals surface area contributed by atoms with Crippen LogP contribution >= 0.6 is 0 Å². The van der Waals surface area contributed by atoms with E-state index in [1.807, 2.05) is 18.3 Å². The van der Waals surface area contributed by atoms with Crippen molar-refractivity contribution in [2.75, 3.05) is 6.54 Å². The van der Waals surface area contributed by atoms with Gasteiger partial charge in [0.15, 0.2) is 0 Å². The number of pyridine rings is 1. The Hall–Kier alpha value is -1.42. The van der Waals surface area contributed by atoms with Gasteiger partial charge in [0, 0.05) is 25.7 Å². The molecule has 0 radical (unpaired) electrons. The number of carbonyl (C=O) groups excluding carboxylic acids is 1. The second kappa shape index (κ2) is 5.07. The van der Waals surface area contributed by atoms with Gasteiger partial charge in [-0.3, -0.25) is 9.78 Å². The van der Waals surface area contributed by atoms with Gasteiger partial charge >= 0.3 is 0 Å². The number of hydrogen-bond donors (Lipinski definition) is 2. The van der Waals surface area contributed by atoms with Crippen molar-refractivity contribution in [3.05, 3.63) is 29.6 Å². The van der Waals surface area contributed by atoms with E-state index in [1.165, 1.54) is 13.3 Å². The molecule has 1 fully saturated rings. The highest BCUT2D eigenvalue weighted by molar-refractivity contribution is 5.72. The lowest BCUT2D eigenvalue weighted by atomic mass is 10.1. The van der Waals surface area contributed by atoms with Crippen molar-refractivity contribution in [3.8, 4) is 0 Å². The highest BCUT2D eigenvalue weighted by Crippen LogP contribution is 2.20. The van der Waals surface area contributed by atoms with E-state index < -0.39 is 0 Å². The molecule has 1 amide bonds. The molecule has 0 aromatic carbocycles. The average molecular weight is 219 g/mol. The van der Waals surface area contributed by atoms with Gasteiger partial charge in [-0.1, -0.05) is 6.07 Å². The molecular weight excluding hydrogens is 202 g/mol. The zero-order valence-corrected chi connectivity index (χ0v) is 9.49. The van der Waals surface area contributed by atoms with E-state index in [0.717, 1.165) is 24.2 Å². The van der Waals surface area contributed by atoms with E-state index in [4.69, 9.17) is 0 Å². The zero-order valence-electron chi connectivity index (χ0n) is 9.49. The van der Waals surface area contributed by atoms with Crippen LogP contribution in [-0.2, 0) is 11.3 Å². The maximum Gasteiger partial charge on any atom is 0.217 e. The van der Waals surface area contributed by atoms with Crippen molar-refractivity contribution in [1.29, 1.82) is 0 Å². The lowest BCUT2D eigenvalue weighted by Gasteiger charge is -2.10. The molecular formula is C12H17N3O. The molecule has 2 rings (SSSR count). The fraction of sp³-hybridized carbons (Fsp3) is 0.500. The molecule has 1 aliphatic rings. The Labute approximate surface area is 95.5 Å². The van der Waals surface area contributed by atoms with Crippen LogP contribution in [-0.4, -0.2) is 17.4 Å². The molecule has 0 bridgehead atoms. The number of carbonyl (C=O) groups is 1. The van der Waals surface area contributed by atoms with Gasteiger partial charge in [0.25, 0.3) is 0 Å². The van der Waals surface area contributed by atoms with Gasteiger partial charge in [-0.25, -0.2) is 0 Å². The molecule has 2 heterocycles. The van der Waals surface area contributed by atoms with Crippen LogP contribution in [0.1, 0.15) is 37.1 Å². The normalized spacial score (nSPS) is 19.7. The summed E-state index contributed by atoms with van der Waals surface area (Å²) in [5.74, 6) is -0.0125. The third-order valence-electron chi connectivity index (χ3n) is 2.81. The maximum atomic E-state index is 10.8. The van der Waals surface area contributed by atoms with Crippen molar-refractivity contribution in [2.24, 2.45) is 0 Å². The number of amides is 1. The van der Waals surface area contributed by atoms with Gasteiger partial charge in [0.05, 0.1) is 5.69 Å². The molecule has 4 nitrogen and oxygen atoms in total. The average Bonchev–Trinajstić information content (AvgIpc) is 2.80. The fourth-order valence-electron chi connectivity index (χ4n) is 1.91. The molecule has 1 saturated heterocycles. The molecule has 4 heteroatoms. The molecule has 1 aromatic rings. The van der Waals surface area contributed by atoms with Gasteiger partial charge in [-0.05, 0) is 31.0 Å². The first-order chi connectivity index (χ1) is 7.75. The first-order valence-corrected chi connectivity index (χ1v) is 5.68. The van der Waals surface area contributed by atoms with E-state index in [1.54, 1.807) is 0 Å². The second-order valence-corrected chi connectivity index (χ2v) is 4.15. The Kier molecular flexibility index (Phi) is 3.51. The highest BCUT2D eigenvalue weighted by atomic mass is 16.1. The van der Waals surface area contributed by atoms with Crippen molar-refractivity contribution in [1.82, 2.24) is 15.6 Å². The second-order valence-electron chi connectivity index (χ2n) is 4.15. The highest BCUT2D eigenvalue weighted by Gasteiger charge is 2.16. The SMILES string of the molecule is CC(=O)NCc1ccc(C2CCCN2)nc1. The number of aromatic nitrogens is 1. The third kappa shape index (κ3) is 2.79. The summed E-state index contributed by atoms with van der Waals surface area (Å²) in [5, 5.41) is 6.17. The van der Waals surface area contributed by atoms with E-state index in [2.05, 4.69) is 15.6 Å². The number of nitrogens with zero attached hydrogens (tertiary/aromatic N) is 1. The standard InChI is InChI=1S/C12H17N3O/c1-9(16)14-7-10-4-5-12(15-8-10)11-3-2-6-13-11/h4-5,8,11,13H,2-3,6-7H2,1H3,(H,14,16). The summed E-state index contributed by atoms with van der Waals surface area (Å²) < 4.78 is 0. The molecule has 1 aromatic heterocycles. The number of rotatable bonds is 3. The Bertz CT molecular complexity index is 355. The minimum atomic E-state index is -0.0125. The van der Waals surface area contributed by atoms with Crippen molar-refractivity contribution < 1.29 is 4.79 Å². The van der Waals surface area contributed by atoms with Gasteiger partial charge < -0.3 is 10.6 Å². The minimum absolute atomic E-state index is 0.0125. The quantitative estimate of drug-likeness (QED) is 0.801. The summed E-state index contributed by atoms with van der Waals surface area (Å²) in [4.78, 5) is 15.2. The summed E-state index contributed by atoms with van der Waals surface area (Å²) in [6, 6.07) is 4.48. The molecule has 1 unspecified atom stereocenters. The molecule has 2 N–H and O–H groups in total. The van der Waals surface area contributed by atoms with Gasteiger partial charge in [0.1, 0.15) is 0 Å². The smallest absolute Gasteiger partial charge is 0.217 e. The lowest BCUT2D eigenvalue weighted by molar-refractivity contribution is -0.119. The first-order valence-electron chi connectivity index (χ1n) is 5.68. The third-order valence-corrected chi connectivity index (χ3v) is 2.81. The molecule has 0 aliphatic carbocycles. The zero-order chi connectivity index (χ0) is 11.4. The van der Waals surface area contributed by atoms with Crippen LogP contribution in [0.3, 0.4) is 0 Å². The minimum Gasteiger partial charge on any atom is -0.352 e. The molecule has 0 saturated carbocycles. The lowest BCUT2D eigenvalue weighted by Crippen LogP contribution is -2.19. The van der Waals surface area contributed by atoms with Crippen LogP contribution < -0.4 is 10.6 Å². The molecule has 86 valence electrons. The number of hydrogen-bond acceptors (Lipinski definition) is 3. The summed E-state index contributed by atoms with van der Waals surface area (Å²) in [6.45, 7) is 3.16. The van der Waals surface area contributed by atoms with Crippen molar-refractivity contribution >= 4 is 5.91 Å². The van der Waals surface area contributed by atoms with Crippen LogP contribution in [0.25, 0.3) is 0 Å². The molecule has 1 aliphatic heterocycles. The Balaban J connectivity index is 1.95.